The highest BCUT2D eigenvalue weighted by Crippen LogP contribution is 2.35. The fourth-order valence-corrected chi connectivity index (χ4v) is 4.16. The molecule has 2 aromatic carbocycles. The third-order valence-corrected chi connectivity index (χ3v) is 6.56. The predicted molar refractivity (Wildman–Crippen MR) is 135 cm³/mol. The van der Waals surface area contributed by atoms with Crippen LogP contribution in [0.4, 0.5) is 24.5 Å². The summed E-state index contributed by atoms with van der Waals surface area (Å²) in [4.78, 5) is 4.38. The first-order valence-corrected chi connectivity index (χ1v) is 13.2. The Morgan fingerprint density at radius 2 is 1.85 bits per heavy atom. The van der Waals surface area contributed by atoms with Gasteiger partial charge in [0.15, 0.2) is 0 Å². The molecule has 1 unspecified atom stereocenters. The van der Waals surface area contributed by atoms with Crippen LogP contribution in [0.5, 0.6) is 0 Å². The van der Waals surface area contributed by atoms with Gasteiger partial charge in [-0.15, -0.1) is 6.58 Å². The number of amidine groups is 1. The van der Waals surface area contributed by atoms with Gasteiger partial charge in [-0.1, -0.05) is 23.8 Å². The number of halogens is 4. The quantitative estimate of drug-likeness (QED) is 0.175. The van der Waals surface area contributed by atoms with E-state index in [-0.39, 0.29) is 12.3 Å². The zero-order valence-corrected chi connectivity index (χ0v) is 20.7. The number of hydrogen-bond donors (Lipinski definition) is 2. The second-order valence-electron chi connectivity index (χ2n) is 7.84. The van der Waals surface area contributed by atoms with Crippen molar-refractivity contribution in [2.75, 3.05) is 24.0 Å². The maximum atomic E-state index is 13.8. The van der Waals surface area contributed by atoms with Gasteiger partial charge in [0.05, 0.1) is 5.57 Å². The van der Waals surface area contributed by atoms with Crippen molar-refractivity contribution in [2.24, 2.45) is 4.99 Å². The molecule has 0 bridgehead atoms. The van der Waals surface area contributed by atoms with Crippen LogP contribution >= 0.6 is 18.7 Å². The molecular weight excluding hydrogens is 470 g/mol. The Bertz CT molecular complexity index is 1090. The number of benzene rings is 2. The van der Waals surface area contributed by atoms with Crippen LogP contribution in [-0.4, -0.2) is 31.5 Å². The first-order chi connectivity index (χ1) is 15.3. The molecule has 9 heteroatoms. The van der Waals surface area contributed by atoms with E-state index in [1.165, 1.54) is 6.92 Å². The molecule has 0 radical (unpaired) electrons. The number of aliphatic imine (C=N–C) groups is 1. The Labute approximate surface area is 198 Å². The van der Waals surface area contributed by atoms with Gasteiger partial charge in [-0.05, 0) is 75.2 Å². The third-order valence-electron chi connectivity index (χ3n) is 4.79. The molecule has 0 heterocycles. The Morgan fingerprint density at radius 3 is 2.33 bits per heavy atom. The topological polar surface area (TPSA) is 53.5 Å². The van der Waals surface area contributed by atoms with Crippen LogP contribution in [0.3, 0.4) is 0 Å². The molecule has 4 nitrogen and oxygen atoms in total. The summed E-state index contributed by atoms with van der Waals surface area (Å²) in [7, 11) is -2.41. The molecule has 1 atom stereocenters. The fourth-order valence-electron chi connectivity index (χ4n) is 3.07. The van der Waals surface area contributed by atoms with Gasteiger partial charge >= 0.3 is 6.18 Å². The Kier molecular flexibility index (Phi) is 8.98. The van der Waals surface area contributed by atoms with Crippen molar-refractivity contribution in [3.05, 3.63) is 77.4 Å². The van der Waals surface area contributed by atoms with Crippen LogP contribution in [0, 0.1) is 6.92 Å². The second-order valence-corrected chi connectivity index (χ2v) is 11.5. The van der Waals surface area contributed by atoms with Crippen LogP contribution in [-0.2, 0) is 4.57 Å². The SMILES string of the molecule is C=CCC(/N=C(Nc1ccc(Cl)cc1C)\C(=C/C)C(F)(F)F)Nc1ccc(P(C)(C)=O)cc1. The molecule has 2 rings (SSSR count). The van der Waals surface area contributed by atoms with Crippen molar-refractivity contribution in [2.45, 2.75) is 32.6 Å². The van der Waals surface area contributed by atoms with E-state index in [2.05, 4.69) is 22.2 Å². The van der Waals surface area contributed by atoms with Crippen LogP contribution < -0.4 is 15.9 Å². The van der Waals surface area contributed by atoms with E-state index in [1.807, 2.05) is 0 Å². The Balaban J connectivity index is 2.46. The standard InChI is InChI=1S/C24H28ClF3N3OP/c1-6-8-22(29-18-10-12-19(13-11-18)33(4,5)32)31-23(20(7-2)24(26,27)28)30-21-14-9-17(25)15-16(21)3/h6-7,9-15,22,29H,1,8H2,2-5H3,(H,30,31)/b20-7+. The van der Waals surface area contributed by atoms with Gasteiger partial charge < -0.3 is 15.2 Å². The summed E-state index contributed by atoms with van der Waals surface area (Å²) < 4.78 is 53.6. The molecule has 178 valence electrons. The molecule has 0 aliphatic carbocycles. The van der Waals surface area contributed by atoms with Crippen LogP contribution in [0.15, 0.2) is 71.8 Å². The zero-order valence-electron chi connectivity index (χ0n) is 19.0. The van der Waals surface area contributed by atoms with Crippen LogP contribution in [0.1, 0.15) is 18.9 Å². The summed E-state index contributed by atoms with van der Waals surface area (Å²) in [6.45, 7) is 10.1. The van der Waals surface area contributed by atoms with E-state index < -0.39 is 25.1 Å². The zero-order chi connectivity index (χ0) is 24.8. The average molecular weight is 498 g/mol. The van der Waals surface area contributed by atoms with Gasteiger partial charge in [-0.3, -0.25) is 0 Å². The van der Waals surface area contributed by atoms with Crippen LogP contribution in [0.2, 0.25) is 5.02 Å². The maximum Gasteiger partial charge on any atom is 0.419 e. The number of aryl methyl sites for hydroxylation is 1. The summed E-state index contributed by atoms with van der Waals surface area (Å²) in [6, 6.07) is 11.8. The minimum atomic E-state index is -4.61. The van der Waals surface area contributed by atoms with Crippen LogP contribution in [0.25, 0.3) is 0 Å². The van der Waals surface area contributed by atoms with Crippen molar-refractivity contribution >= 4 is 41.3 Å². The molecule has 0 aliphatic rings. The summed E-state index contributed by atoms with van der Waals surface area (Å²) in [6.07, 6.45) is -2.49. The van der Waals surface area contributed by atoms with Gasteiger partial charge in [0.25, 0.3) is 0 Å². The smallest absolute Gasteiger partial charge is 0.363 e. The van der Waals surface area contributed by atoms with Gasteiger partial charge in [-0.25, -0.2) is 4.99 Å². The van der Waals surface area contributed by atoms with Crippen molar-refractivity contribution < 1.29 is 17.7 Å². The first kappa shape index (κ1) is 26.7. The fraction of sp³-hybridized carbons (Fsp3) is 0.292. The van der Waals surface area contributed by atoms with Crippen molar-refractivity contribution in [1.82, 2.24) is 0 Å². The lowest BCUT2D eigenvalue weighted by molar-refractivity contribution is -0.0862. The highest BCUT2D eigenvalue weighted by atomic mass is 35.5. The first-order valence-electron chi connectivity index (χ1n) is 10.2. The molecule has 0 fully saturated rings. The number of hydrogen-bond acceptors (Lipinski definition) is 3. The highest BCUT2D eigenvalue weighted by molar-refractivity contribution is 7.70. The van der Waals surface area contributed by atoms with E-state index in [0.717, 1.165) is 6.08 Å². The van der Waals surface area contributed by atoms with Gasteiger partial charge in [0.1, 0.15) is 19.1 Å². The summed E-state index contributed by atoms with van der Waals surface area (Å²) in [5, 5.41) is 7.15. The van der Waals surface area contributed by atoms with Gasteiger partial charge in [0.2, 0.25) is 0 Å². The molecule has 2 N–H and O–H groups in total. The molecular formula is C24H28ClF3N3OP. The molecule has 0 aliphatic heterocycles. The van der Waals surface area contributed by atoms with Gasteiger partial charge in [0, 0.05) is 28.1 Å². The van der Waals surface area contributed by atoms with E-state index in [9.17, 15) is 17.7 Å². The molecule has 0 saturated carbocycles. The van der Waals surface area contributed by atoms with Crippen molar-refractivity contribution in [3.8, 4) is 0 Å². The molecule has 0 aromatic heterocycles. The number of nitrogens with zero attached hydrogens (tertiary/aromatic N) is 1. The highest BCUT2D eigenvalue weighted by Gasteiger charge is 2.37. The number of allylic oxidation sites excluding steroid dienone is 1. The monoisotopic (exact) mass is 497 g/mol. The lowest BCUT2D eigenvalue weighted by Crippen LogP contribution is -2.29. The molecule has 0 saturated heterocycles. The third kappa shape index (κ3) is 7.79. The van der Waals surface area contributed by atoms with E-state index >= 15 is 0 Å². The minimum Gasteiger partial charge on any atom is -0.363 e. The molecule has 33 heavy (non-hydrogen) atoms. The lowest BCUT2D eigenvalue weighted by atomic mass is 10.1. The van der Waals surface area contributed by atoms with E-state index in [0.29, 0.717) is 27.3 Å². The summed E-state index contributed by atoms with van der Waals surface area (Å²) in [5.41, 5.74) is 0.894. The largest absolute Gasteiger partial charge is 0.419 e. The molecule has 0 amide bonds. The van der Waals surface area contributed by atoms with E-state index in [1.54, 1.807) is 68.8 Å². The number of anilines is 2. The Hall–Kier alpha value is -2.50. The minimum absolute atomic E-state index is 0.279. The lowest BCUT2D eigenvalue weighted by Gasteiger charge is -2.21. The normalized spacial score (nSPS) is 14.1. The number of rotatable bonds is 8. The summed E-state index contributed by atoms with van der Waals surface area (Å²) >= 11 is 5.98. The van der Waals surface area contributed by atoms with Gasteiger partial charge in [-0.2, -0.15) is 13.2 Å². The van der Waals surface area contributed by atoms with Crippen molar-refractivity contribution in [3.63, 3.8) is 0 Å². The van der Waals surface area contributed by atoms with Crippen molar-refractivity contribution in [1.29, 1.82) is 0 Å². The van der Waals surface area contributed by atoms with E-state index in [4.69, 9.17) is 11.6 Å². The average Bonchev–Trinajstić information content (AvgIpc) is 2.69. The maximum absolute atomic E-state index is 13.8. The molecule has 0 spiro atoms. The summed E-state index contributed by atoms with van der Waals surface area (Å²) in [5.74, 6) is -0.321. The predicted octanol–water partition coefficient (Wildman–Crippen LogP) is 7.23. The Morgan fingerprint density at radius 1 is 1.21 bits per heavy atom. The number of nitrogens with one attached hydrogen (secondary N) is 2. The molecule has 2 aromatic rings. The second kappa shape index (κ2) is 11.1. The number of alkyl halides is 3.